The van der Waals surface area contributed by atoms with Gasteiger partial charge >= 0.3 is 0 Å². The van der Waals surface area contributed by atoms with Crippen LogP contribution in [0.4, 0.5) is 11.6 Å². The van der Waals surface area contributed by atoms with Crippen LogP contribution in [0.2, 0.25) is 0 Å². The Morgan fingerprint density at radius 2 is 1.63 bits per heavy atom. The van der Waals surface area contributed by atoms with Gasteiger partial charge < -0.3 is 0 Å². The summed E-state index contributed by atoms with van der Waals surface area (Å²) < 4.78 is 58.7. The zero-order valence-corrected chi connectivity index (χ0v) is 22.5. The van der Waals surface area contributed by atoms with Crippen molar-refractivity contribution < 1.29 is 16.8 Å². The van der Waals surface area contributed by atoms with Crippen molar-refractivity contribution in [2.45, 2.75) is 23.3 Å². The first-order valence-corrected chi connectivity index (χ1v) is 15.1. The van der Waals surface area contributed by atoms with Gasteiger partial charge in [-0.3, -0.25) is 9.40 Å². The summed E-state index contributed by atoms with van der Waals surface area (Å²) in [6, 6.07) is 20.2. The minimum atomic E-state index is -4.05. The summed E-state index contributed by atoms with van der Waals surface area (Å²) in [6.45, 7) is 2.12. The van der Waals surface area contributed by atoms with E-state index >= 15 is 0 Å². The van der Waals surface area contributed by atoms with E-state index < -0.39 is 20.0 Å². The summed E-state index contributed by atoms with van der Waals surface area (Å²) in [5.41, 5.74) is 2.12. The summed E-state index contributed by atoms with van der Waals surface area (Å²) in [5.74, 6) is -0.0524. The van der Waals surface area contributed by atoms with Crippen molar-refractivity contribution in [2.24, 2.45) is 0 Å². The second kappa shape index (κ2) is 10.4. The molecule has 3 heterocycles. The van der Waals surface area contributed by atoms with Gasteiger partial charge in [-0.25, -0.2) is 31.5 Å². The summed E-state index contributed by atoms with van der Waals surface area (Å²) in [6.07, 6.45) is 2.94. The minimum absolute atomic E-state index is 0.0193. The van der Waals surface area contributed by atoms with Crippen LogP contribution in [0.1, 0.15) is 11.3 Å². The van der Waals surface area contributed by atoms with Crippen LogP contribution in [0.5, 0.6) is 0 Å². The van der Waals surface area contributed by atoms with Gasteiger partial charge in [-0.1, -0.05) is 36.4 Å². The maximum Gasteiger partial charge on any atom is 0.265 e. The molecule has 0 bridgehead atoms. The number of nitrogens with zero attached hydrogens (tertiary/aromatic N) is 4. The van der Waals surface area contributed by atoms with E-state index in [0.717, 1.165) is 5.56 Å². The zero-order valence-electron chi connectivity index (χ0n) is 20.0. The van der Waals surface area contributed by atoms with Gasteiger partial charge in [0.25, 0.3) is 20.0 Å². The molecule has 0 spiro atoms. The monoisotopic (exact) mass is 566 g/mol. The number of aryl methyl sites for hydroxylation is 1. The predicted octanol–water partition coefficient (Wildman–Crippen LogP) is 4.36. The van der Waals surface area contributed by atoms with E-state index in [1.54, 1.807) is 17.7 Å². The van der Waals surface area contributed by atoms with E-state index in [-0.39, 0.29) is 21.4 Å². The molecule has 0 aliphatic heterocycles. The van der Waals surface area contributed by atoms with Crippen molar-refractivity contribution in [1.82, 2.24) is 19.7 Å². The number of hydrogen-bond acceptors (Lipinski definition) is 8. The second-order valence-electron chi connectivity index (χ2n) is 8.26. The fraction of sp³-hybridized carbons (Fsp3) is 0.0800. The number of hydrogen-bond donors (Lipinski definition) is 2. The largest absolute Gasteiger partial charge is 0.280 e. The number of nitrogens with one attached hydrogen (secondary N) is 2. The maximum atomic E-state index is 13.4. The molecule has 0 atom stereocenters. The van der Waals surface area contributed by atoms with Crippen LogP contribution < -0.4 is 9.44 Å². The van der Waals surface area contributed by atoms with Crippen molar-refractivity contribution in [3.8, 4) is 10.6 Å². The Bertz CT molecular complexity index is 1770. The fourth-order valence-corrected chi connectivity index (χ4v) is 6.59. The number of sulfonamides is 2. The van der Waals surface area contributed by atoms with E-state index in [4.69, 9.17) is 0 Å². The van der Waals surface area contributed by atoms with Crippen LogP contribution in [-0.4, -0.2) is 36.6 Å². The first kappa shape index (κ1) is 25.6. The van der Waals surface area contributed by atoms with Crippen LogP contribution in [0.15, 0.2) is 100 Å². The highest BCUT2D eigenvalue weighted by Gasteiger charge is 2.25. The number of anilines is 2. The lowest BCUT2D eigenvalue weighted by molar-refractivity contribution is 0.599. The number of thiophene rings is 1. The molecule has 0 aliphatic rings. The highest BCUT2D eigenvalue weighted by atomic mass is 32.2. The standard InChI is InChI=1S/C25H22N6O4S3/c1-18-13-14-26-25(27-18)30-37(32,33)21-11-9-20(10-12-21)29-38(34,35)23-17-31(16-19-6-3-2-4-7-19)28-24(23)22-8-5-15-36-22/h2-15,17,29H,16H2,1H3,(H,26,27,30). The molecule has 0 unspecified atom stereocenters. The Hall–Kier alpha value is -4.07. The number of rotatable bonds is 9. The van der Waals surface area contributed by atoms with Crippen LogP contribution in [0, 0.1) is 6.92 Å². The highest BCUT2D eigenvalue weighted by Crippen LogP contribution is 2.31. The van der Waals surface area contributed by atoms with Crippen LogP contribution >= 0.6 is 11.3 Å². The van der Waals surface area contributed by atoms with Crippen molar-refractivity contribution in [1.29, 1.82) is 0 Å². The molecule has 10 nitrogen and oxygen atoms in total. The highest BCUT2D eigenvalue weighted by molar-refractivity contribution is 7.93. The third-order valence-electron chi connectivity index (χ3n) is 5.40. The summed E-state index contributed by atoms with van der Waals surface area (Å²) >= 11 is 1.39. The third-order valence-corrected chi connectivity index (χ3v) is 9.00. The van der Waals surface area contributed by atoms with E-state index in [1.165, 1.54) is 48.0 Å². The molecule has 0 fully saturated rings. The Morgan fingerprint density at radius 3 is 2.32 bits per heavy atom. The Kier molecular flexibility index (Phi) is 6.97. The van der Waals surface area contributed by atoms with Crippen molar-refractivity contribution >= 4 is 43.0 Å². The first-order valence-electron chi connectivity index (χ1n) is 11.3. The van der Waals surface area contributed by atoms with Crippen molar-refractivity contribution in [3.63, 3.8) is 0 Å². The maximum absolute atomic E-state index is 13.4. The average Bonchev–Trinajstić information content (AvgIpc) is 3.55. The van der Waals surface area contributed by atoms with Crippen LogP contribution in [0.3, 0.4) is 0 Å². The summed E-state index contributed by atoms with van der Waals surface area (Å²) in [5, 5.41) is 6.41. The Morgan fingerprint density at radius 1 is 0.868 bits per heavy atom. The van der Waals surface area contributed by atoms with Gasteiger partial charge in [-0.05, 0) is 54.3 Å². The fourth-order valence-electron chi connectivity index (χ4n) is 3.62. The molecule has 194 valence electrons. The SMILES string of the molecule is Cc1ccnc(NS(=O)(=O)c2ccc(NS(=O)(=O)c3cn(Cc4ccccc4)nc3-c3cccs3)cc2)n1. The van der Waals surface area contributed by atoms with Crippen LogP contribution in [0.25, 0.3) is 10.6 Å². The molecule has 3 aromatic heterocycles. The molecule has 2 N–H and O–H groups in total. The number of benzene rings is 2. The topological polar surface area (TPSA) is 136 Å². The van der Waals surface area contributed by atoms with E-state index in [0.29, 0.717) is 22.8 Å². The van der Waals surface area contributed by atoms with E-state index in [1.807, 2.05) is 47.8 Å². The van der Waals surface area contributed by atoms with E-state index in [9.17, 15) is 16.8 Å². The summed E-state index contributed by atoms with van der Waals surface area (Å²) in [4.78, 5) is 8.61. The molecule has 0 aliphatic carbocycles. The lowest BCUT2D eigenvalue weighted by Gasteiger charge is -2.10. The van der Waals surface area contributed by atoms with Crippen LogP contribution in [-0.2, 0) is 26.6 Å². The first-order chi connectivity index (χ1) is 18.2. The van der Waals surface area contributed by atoms with Gasteiger partial charge in [0.1, 0.15) is 10.6 Å². The van der Waals surface area contributed by atoms with Gasteiger partial charge in [0.05, 0.1) is 16.3 Å². The Balaban J connectivity index is 1.40. The lowest BCUT2D eigenvalue weighted by atomic mass is 10.2. The molecule has 0 saturated carbocycles. The smallest absolute Gasteiger partial charge is 0.265 e. The molecule has 0 amide bonds. The number of aromatic nitrogens is 4. The average molecular weight is 567 g/mol. The van der Waals surface area contributed by atoms with Gasteiger partial charge in [0.15, 0.2) is 0 Å². The Labute approximate surface area is 224 Å². The molecule has 2 aromatic carbocycles. The molecule has 0 radical (unpaired) electrons. The molecule has 5 aromatic rings. The quantitative estimate of drug-likeness (QED) is 0.271. The van der Waals surface area contributed by atoms with Crippen molar-refractivity contribution in [3.05, 3.63) is 102 Å². The summed E-state index contributed by atoms with van der Waals surface area (Å²) in [7, 11) is -8.02. The molecule has 38 heavy (non-hydrogen) atoms. The molecule has 0 saturated heterocycles. The second-order valence-corrected chi connectivity index (χ2v) is 12.5. The van der Waals surface area contributed by atoms with Crippen molar-refractivity contribution in [2.75, 3.05) is 9.44 Å². The molecular formula is C25H22N6O4S3. The van der Waals surface area contributed by atoms with Gasteiger partial charge in [-0.2, -0.15) is 5.10 Å². The lowest BCUT2D eigenvalue weighted by Crippen LogP contribution is -2.16. The van der Waals surface area contributed by atoms with E-state index in [2.05, 4.69) is 24.5 Å². The predicted molar refractivity (Wildman–Crippen MR) is 146 cm³/mol. The van der Waals surface area contributed by atoms with Gasteiger partial charge in [0, 0.05) is 23.8 Å². The zero-order chi connectivity index (χ0) is 26.8. The normalized spacial score (nSPS) is 11.8. The van der Waals surface area contributed by atoms with Gasteiger partial charge in [0.2, 0.25) is 5.95 Å². The third kappa shape index (κ3) is 5.74. The molecule has 13 heteroatoms. The molecular weight excluding hydrogens is 545 g/mol. The molecule has 5 rings (SSSR count). The minimum Gasteiger partial charge on any atom is -0.280 e. The van der Waals surface area contributed by atoms with Gasteiger partial charge in [-0.15, -0.1) is 11.3 Å².